The minimum Gasteiger partial charge on any atom is -0.469 e. The Bertz CT molecular complexity index is 641. The van der Waals surface area contributed by atoms with Crippen molar-refractivity contribution in [3.8, 4) is 0 Å². The maximum Gasteiger partial charge on any atom is 0.307 e. The topological polar surface area (TPSA) is 89.5 Å². The molecule has 0 saturated carbocycles. The summed E-state index contributed by atoms with van der Waals surface area (Å²) in [5.74, 6) is -1.41. The fourth-order valence-corrected chi connectivity index (χ4v) is 4.22. The minimum atomic E-state index is -3.12. The van der Waals surface area contributed by atoms with Crippen LogP contribution in [0.5, 0.6) is 0 Å². The zero-order valence-electron chi connectivity index (χ0n) is 12.3. The monoisotopic (exact) mass is 325 g/mol. The van der Waals surface area contributed by atoms with Crippen LogP contribution in [0.1, 0.15) is 24.4 Å². The molecule has 1 N–H and O–H groups in total. The Morgan fingerprint density at radius 2 is 2.00 bits per heavy atom. The zero-order valence-corrected chi connectivity index (χ0v) is 13.1. The Labute approximate surface area is 129 Å². The maximum absolute atomic E-state index is 12.3. The lowest BCUT2D eigenvalue weighted by molar-refractivity contribution is -0.141. The van der Waals surface area contributed by atoms with E-state index in [1.54, 1.807) is 12.1 Å². The van der Waals surface area contributed by atoms with Gasteiger partial charge in [0, 0.05) is 0 Å². The van der Waals surface area contributed by atoms with Crippen molar-refractivity contribution in [3.63, 3.8) is 0 Å². The van der Waals surface area contributed by atoms with E-state index < -0.39 is 27.8 Å². The van der Waals surface area contributed by atoms with Crippen molar-refractivity contribution in [1.82, 2.24) is 5.32 Å². The van der Waals surface area contributed by atoms with Gasteiger partial charge in [-0.2, -0.15) is 0 Å². The lowest BCUT2D eigenvalue weighted by atomic mass is 10.0. The van der Waals surface area contributed by atoms with Crippen LogP contribution in [0.3, 0.4) is 0 Å². The van der Waals surface area contributed by atoms with Gasteiger partial charge in [-0.1, -0.05) is 30.3 Å². The first-order valence-corrected chi connectivity index (χ1v) is 8.86. The summed E-state index contributed by atoms with van der Waals surface area (Å²) in [6.07, 6.45) is 0.333. The third kappa shape index (κ3) is 4.30. The van der Waals surface area contributed by atoms with E-state index in [2.05, 4.69) is 10.1 Å². The van der Waals surface area contributed by atoms with Crippen LogP contribution in [-0.2, 0) is 24.2 Å². The molecule has 1 aliphatic heterocycles. The molecule has 6 nitrogen and oxygen atoms in total. The Kier molecular flexibility index (Phi) is 5.18. The van der Waals surface area contributed by atoms with Gasteiger partial charge in [-0.15, -0.1) is 0 Å². The number of sulfone groups is 1. The molecule has 0 radical (unpaired) electrons. The van der Waals surface area contributed by atoms with Gasteiger partial charge < -0.3 is 10.1 Å². The number of hydrogen-bond donors (Lipinski definition) is 1. The van der Waals surface area contributed by atoms with Crippen LogP contribution in [0.4, 0.5) is 0 Å². The summed E-state index contributed by atoms with van der Waals surface area (Å²) in [6.45, 7) is 0. The summed E-state index contributed by atoms with van der Waals surface area (Å²) in [6, 6.07) is 8.55. The Morgan fingerprint density at radius 1 is 1.32 bits per heavy atom. The molecule has 7 heteroatoms. The summed E-state index contributed by atoms with van der Waals surface area (Å²) in [4.78, 5) is 23.8. The fraction of sp³-hybridized carbons (Fsp3) is 0.467. The van der Waals surface area contributed by atoms with Crippen LogP contribution < -0.4 is 5.32 Å². The van der Waals surface area contributed by atoms with Crippen LogP contribution in [0, 0.1) is 5.92 Å². The van der Waals surface area contributed by atoms with Crippen molar-refractivity contribution in [1.29, 1.82) is 0 Å². The average Bonchev–Trinajstić information content (AvgIpc) is 2.87. The summed E-state index contributed by atoms with van der Waals surface area (Å²) in [7, 11) is -1.83. The van der Waals surface area contributed by atoms with E-state index in [4.69, 9.17) is 0 Å². The number of carbonyl (C=O) groups excluding carboxylic acids is 2. The predicted molar refractivity (Wildman–Crippen MR) is 80.7 cm³/mol. The number of carbonyl (C=O) groups is 2. The molecule has 0 spiro atoms. The smallest absolute Gasteiger partial charge is 0.307 e. The molecule has 0 bridgehead atoms. The number of ether oxygens (including phenoxy) is 1. The maximum atomic E-state index is 12.3. The first kappa shape index (κ1) is 16.5. The van der Waals surface area contributed by atoms with Gasteiger partial charge in [0.05, 0.1) is 37.0 Å². The second-order valence-electron chi connectivity index (χ2n) is 5.35. The summed E-state index contributed by atoms with van der Waals surface area (Å²) < 4.78 is 27.6. The summed E-state index contributed by atoms with van der Waals surface area (Å²) in [5.41, 5.74) is 0.780. The number of nitrogens with one attached hydrogen (secondary N) is 1. The van der Waals surface area contributed by atoms with Crippen LogP contribution in [0.15, 0.2) is 30.3 Å². The lowest BCUT2D eigenvalue weighted by Crippen LogP contribution is -2.35. The number of benzene rings is 1. The number of esters is 1. The molecule has 1 aromatic carbocycles. The average molecular weight is 325 g/mol. The van der Waals surface area contributed by atoms with Crippen LogP contribution in [-0.4, -0.2) is 38.9 Å². The molecule has 0 aromatic heterocycles. The fourth-order valence-electron chi connectivity index (χ4n) is 2.48. The molecule has 1 amide bonds. The molecule has 1 saturated heterocycles. The van der Waals surface area contributed by atoms with E-state index in [0.717, 1.165) is 5.56 Å². The second-order valence-corrected chi connectivity index (χ2v) is 7.58. The molecule has 22 heavy (non-hydrogen) atoms. The van der Waals surface area contributed by atoms with Gasteiger partial charge in [0.1, 0.15) is 0 Å². The zero-order chi connectivity index (χ0) is 16.2. The van der Waals surface area contributed by atoms with Gasteiger partial charge in [0.2, 0.25) is 5.91 Å². The highest BCUT2D eigenvalue weighted by Gasteiger charge is 2.34. The Hall–Kier alpha value is -1.89. The number of rotatable bonds is 5. The molecule has 0 unspecified atom stereocenters. The van der Waals surface area contributed by atoms with Gasteiger partial charge in [-0.05, 0) is 12.0 Å². The van der Waals surface area contributed by atoms with Crippen LogP contribution in [0.2, 0.25) is 0 Å². The Morgan fingerprint density at radius 3 is 2.55 bits per heavy atom. The quantitative estimate of drug-likeness (QED) is 0.810. The second kappa shape index (κ2) is 6.91. The highest BCUT2D eigenvalue weighted by Crippen LogP contribution is 2.22. The number of hydrogen-bond acceptors (Lipinski definition) is 5. The van der Waals surface area contributed by atoms with Crippen molar-refractivity contribution in [3.05, 3.63) is 35.9 Å². The number of methoxy groups -OCH3 is 1. The van der Waals surface area contributed by atoms with Crippen molar-refractivity contribution in [2.75, 3.05) is 18.6 Å². The molecule has 1 aromatic rings. The molecule has 2 rings (SSSR count). The molecule has 1 heterocycles. The van der Waals surface area contributed by atoms with Gasteiger partial charge >= 0.3 is 5.97 Å². The SMILES string of the molecule is COC(=O)C[C@@H](NC(=O)[C@@H]1CCS(=O)(=O)C1)c1ccccc1. The van der Waals surface area contributed by atoms with E-state index in [1.165, 1.54) is 7.11 Å². The largest absolute Gasteiger partial charge is 0.469 e. The van der Waals surface area contributed by atoms with E-state index >= 15 is 0 Å². The lowest BCUT2D eigenvalue weighted by Gasteiger charge is -2.20. The molecular weight excluding hydrogens is 306 g/mol. The van der Waals surface area contributed by atoms with Gasteiger partial charge in [0.25, 0.3) is 0 Å². The first-order chi connectivity index (χ1) is 10.4. The molecule has 120 valence electrons. The predicted octanol–water partition coefficient (Wildman–Crippen LogP) is 0.842. The third-order valence-electron chi connectivity index (χ3n) is 3.72. The van der Waals surface area contributed by atoms with Crippen molar-refractivity contribution < 1.29 is 22.7 Å². The van der Waals surface area contributed by atoms with Gasteiger partial charge in [-0.25, -0.2) is 8.42 Å². The molecule has 2 atom stereocenters. The highest BCUT2D eigenvalue weighted by molar-refractivity contribution is 7.91. The normalized spacial score (nSPS) is 21.0. The third-order valence-corrected chi connectivity index (χ3v) is 5.49. The van der Waals surface area contributed by atoms with Crippen molar-refractivity contribution in [2.24, 2.45) is 5.92 Å². The van der Waals surface area contributed by atoms with Gasteiger partial charge in [-0.3, -0.25) is 9.59 Å². The first-order valence-electron chi connectivity index (χ1n) is 7.04. The standard InChI is InChI=1S/C15H19NO5S/c1-21-14(17)9-13(11-5-3-2-4-6-11)16-15(18)12-7-8-22(19,20)10-12/h2-6,12-13H,7-10H2,1H3,(H,16,18)/t12-,13-/m1/s1. The molecule has 1 aliphatic rings. The van der Waals surface area contributed by atoms with Crippen LogP contribution >= 0.6 is 0 Å². The van der Waals surface area contributed by atoms with E-state index in [0.29, 0.717) is 6.42 Å². The molecular formula is C15H19NO5S. The summed E-state index contributed by atoms with van der Waals surface area (Å²) in [5, 5.41) is 2.77. The van der Waals surface area contributed by atoms with E-state index in [-0.39, 0.29) is 23.8 Å². The van der Waals surface area contributed by atoms with Crippen molar-refractivity contribution >= 4 is 21.7 Å². The molecule has 1 fully saturated rings. The van der Waals surface area contributed by atoms with E-state index in [1.807, 2.05) is 18.2 Å². The number of amides is 1. The van der Waals surface area contributed by atoms with Crippen LogP contribution in [0.25, 0.3) is 0 Å². The van der Waals surface area contributed by atoms with E-state index in [9.17, 15) is 18.0 Å². The minimum absolute atomic E-state index is 0.00568. The van der Waals surface area contributed by atoms with Crippen molar-refractivity contribution in [2.45, 2.75) is 18.9 Å². The Balaban J connectivity index is 2.09. The molecule has 0 aliphatic carbocycles. The highest BCUT2D eigenvalue weighted by atomic mass is 32.2. The van der Waals surface area contributed by atoms with Gasteiger partial charge in [0.15, 0.2) is 9.84 Å². The summed E-state index contributed by atoms with van der Waals surface area (Å²) >= 11 is 0.